The average Bonchev–Trinajstić information content (AvgIpc) is 2.48. The zero-order chi connectivity index (χ0) is 8.72. The lowest BCUT2D eigenvalue weighted by molar-refractivity contribution is 1.62. The molecule has 0 saturated heterocycles. The Bertz CT molecular complexity index is 435. The second kappa shape index (κ2) is 2.21. The minimum Gasteiger partial charge on any atom is -0.397 e. The minimum atomic E-state index is 0.384. The lowest BCUT2D eigenvalue weighted by Gasteiger charge is -2.02. The average molecular weight is 181 g/mol. The summed E-state index contributed by atoms with van der Waals surface area (Å²) in [6, 6.07) is 1.67. The number of anilines is 3. The summed E-state index contributed by atoms with van der Waals surface area (Å²) in [5, 5.41) is 0. The largest absolute Gasteiger partial charge is 0.397 e. The lowest BCUT2D eigenvalue weighted by Crippen LogP contribution is -2.00. The van der Waals surface area contributed by atoms with Gasteiger partial charge < -0.3 is 17.2 Å². The first-order chi connectivity index (χ1) is 5.70. The monoisotopic (exact) mass is 181 g/mol. The van der Waals surface area contributed by atoms with E-state index in [2.05, 4.69) is 8.75 Å². The third kappa shape index (κ3) is 0.782. The third-order valence-electron chi connectivity index (χ3n) is 1.66. The molecule has 0 radical (unpaired) electrons. The number of hydrogen-bond donors (Lipinski definition) is 3. The van der Waals surface area contributed by atoms with Gasteiger partial charge in [-0.1, -0.05) is 0 Å². The molecule has 1 heterocycles. The van der Waals surface area contributed by atoms with Gasteiger partial charge >= 0.3 is 0 Å². The zero-order valence-corrected chi connectivity index (χ0v) is 6.93. The predicted molar refractivity (Wildman–Crippen MR) is 50.7 cm³/mol. The normalized spacial score (nSPS) is 10.7. The van der Waals surface area contributed by atoms with Crippen LogP contribution in [-0.4, -0.2) is 8.75 Å². The number of aromatic nitrogens is 2. The smallest absolute Gasteiger partial charge is 0.129 e. The van der Waals surface area contributed by atoms with Crippen molar-refractivity contribution in [2.75, 3.05) is 17.2 Å². The maximum atomic E-state index is 5.66. The van der Waals surface area contributed by atoms with Gasteiger partial charge in [-0.3, -0.25) is 0 Å². The van der Waals surface area contributed by atoms with E-state index in [0.29, 0.717) is 28.1 Å². The highest BCUT2D eigenvalue weighted by molar-refractivity contribution is 7.00. The van der Waals surface area contributed by atoms with Crippen molar-refractivity contribution in [3.8, 4) is 0 Å². The molecule has 2 rings (SSSR count). The van der Waals surface area contributed by atoms with Gasteiger partial charge in [-0.25, -0.2) is 0 Å². The molecule has 0 fully saturated rings. The zero-order valence-electron chi connectivity index (χ0n) is 6.11. The molecule has 0 amide bonds. The lowest BCUT2D eigenvalue weighted by atomic mass is 10.2. The van der Waals surface area contributed by atoms with Crippen LogP contribution < -0.4 is 17.2 Å². The van der Waals surface area contributed by atoms with Crippen LogP contribution in [0.15, 0.2) is 6.07 Å². The number of hydrogen-bond acceptors (Lipinski definition) is 6. The predicted octanol–water partition coefficient (Wildman–Crippen LogP) is 0.438. The van der Waals surface area contributed by atoms with Crippen LogP contribution in [0.4, 0.5) is 17.1 Å². The second-order valence-electron chi connectivity index (χ2n) is 2.43. The van der Waals surface area contributed by atoms with Crippen molar-refractivity contribution in [3.63, 3.8) is 0 Å². The summed E-state index contributed by atoms with van der Waals surface area (Å²) in [6.07, 6.45) is 0. The molecule has 6 heteroatoms. The Morgan fingerprint density at radius 2 is 1.83 bits per heavy atom. The fourth-order valence-corrected chi connectivity index (χ4v) is 1.53. The summed E-state index contributed by atoms with van der Waals surface area (Å²) in [5.74, 6) is 0. The van der Waals surface area contributed by atoms with E-state index in [0.717, 1.165) is 11.7 Å². The van der Waals surface area contributed by atoms with Gasteiger partial charge in [-0.15, -0.1) is 0 Å². The first kappa shape index (κ1) is 7.11. The topological polar surface area (TPSA) is 104 Å². The molecule has 0 bridgehead atoms. The molecule has 1 aromatic carbocycles. The van der Waals surface area contributed by atoms with E-state index in [1.54, 1.807) is 6.07 Å². The highest BCUT2D eigenvalue weighted by Gasteiger charge is 2.08. The van der Waals surface area contributed by atoms with Crippen LogP contribution in [-0.2, 0) is 0 Å². The summed E-state index contributed by atoms with van der Waals surface area (Å²) in [7, 11) is 0. The standard InChI is InChI=1S/C6H7N5S/c7-2-1-3-6(11-12-10-3)5(9)4(2)8/h1H,7-9H2. The Morgan fingerprint density at radius 1 is 1.08 bits per heavy atom. The van der Waals surface area contributed by atoms with Gasteiger partial charge in [0.2, 0.25) is 0 Å². The summed E-state index contributed by atoms with van der Waals surface area (Å²) in [4.78, 5) is 0. The summed E-state index contributed by atoms with van der Waals surface area (Å²) >= 11 is 1.09. The van der Waals surface area contributed by atoms with Crippen molar-refractivity contribution >= 4 is 39.8 Å². The molecule has 1 aromatic heterocycles. The number of fused-ring (bicyclic) bond motifs is 1. The van der Waals surface area contributed by atoms with Crippen molar-refractivity contribution in [1.82, 2.24) is 8.75 Å². The van der Waals surface area contributed by atoms with Crippen LogP contribution in [0.5, 0.6) is 0 Å². The molecule has 62 valence electrons. The van der Waals surface area contributed by atoms with Gasteiger partial charge in [0.1, 0.15) is 11.0 Å². The molecule has 12 heavy (non-hydrogen) atoms. The molecule has 6 N–H and O–H groups in total. The highest BCUT2D eigenvalue weighted by atomic mass is 32.1. The first-order valence-corrected chi connectivity index (χ1v) is 3.99. The minimum absolute atomic E-state index is 0.384. The van der Waals surface area contributed by atoms with E-state index in [9.17, 15) is 0 Å². The van der Waals surface area contributed by atoms with Gasteiger partial charge in [0, 0.05) is 0 Å². The van der Waals surface area contributed by atoms with Crippen LogP contribution in [0.25, 0.3) is 11.0 Å². The first-order valence-electron chi connectivity index (χ1n) is 3.26. The van der Waals surface area contributed by atoms with Gasteiger partial charge in [-0.2, -0.15) is 8.75 Å². The van der Waals surface area contributed by atoms with E-state index < -0.39 is 0 Å². The molecule has 0 aliphatic rings. The van der Waals surface area contributed by atoms with E-state index in [1.165, 1.54) is 0 Å². The second-order valence-corrected chi connectivity index (χ2v) is 2.95. The Morgan fingerprint density at radius 3 is 2.58 bits per heavy atom. The Kier molecular flexibility index (Phi) is 1.31. The molecule has 0 spiro atoms. The summed E-state index contributed by atoms with van der Waals surface area (Å²) in [5.41, 5.74) is 19.4. The van der Waals surface area contributed by atoms with E-state index in [-0.39, 0.29) is 0 Å². The Labute approximate surface area is 72.5 Å². The fraction of sp³-hybridized carbons (Fsp3) is 0. The maximum Gasteiger partial charge on any atom is 0.129 e. The van der Waals surface area contributed by atoms with E-state index in [4.69, 9.17) is 17.2 Å². The summed E-state index contributed by atoms with van der Waals surface area (Å²) < 4.78 is 7.99. The molecule has 5 nitrogen and oxygen atoms in total. The number of rotatable bonds is 0. The van der Waals surface area contributed by atoms with E-state index in [1.807, 2.05) is 0 Å². The van der Waals surface area contributed by atoms with Crippen LogP contribution in [0.2, 0.25) is 0 Å². The van der Waals surface area contributed by atoms with Crippen LogP contribution in [0.1, 0.15) is 0 Å². The fourth-order valence-electron chi connectivity index (χ4n) is 0.985. The van der Waals surface area contributed by atoms with Gasteiger partial charge in [-0.05, 0) is 6.07 Å². The number of nitrogen functional groups attached to an aromatic ring is 3. The molecular formula is C6H7N5S. The Hall–Kier alpha value is -1.56. The maximum absolute atomic E-state index is 5.66. The van der Waals surface area contributed by atoms with Crippen molar-refractivity contribution in [3.05, 3.63) is 6.07 Å². The van der Waals surface area contributed by atoms with Crippen molar-refractivity contribution in [2.45, 2.75) is 0 Å². The van der Waals surface area contributed by atoms with Crippen molar-refractivity contribution < 1.29 is 0 Å². The van der Waals surface area contributed by atoms with Gasteiger partial charge in [0.05, 0.1) is 28.8 Å². The summed E-state index contributed by atoms with van der Waals surface area (Å²) in [6.45, 7) is 0. The number of benzene rings is 1. The quantitative estimate of drug-likeness (QED) is 0.511. The van der Waals surface area contributed by atoms with Crippen LogP contribution in [0.3, 0.4) is 0 Å². The van der Waals surface area contributed by atoms with E-state index >= 15 is 0 Å². The van der Waals surface area contributed by atoms with Gasteiger partial charge in [0.25, 0.3) is 0 Å². The van der Waals surface area contributed by atoms with Crippen molar-refractivity contribution in [1.29, 1.82) is 0 Å². The van der Waals surface area contributed by atoms with Crippen molar-refractivity contribution in [2.24, 2.45) is 0 Å². The molecular weight excluding hydrogens is 174 g/mol. The van der Waals surface area contributed by atoms with Gasteiger partial charge in [0.15, 0.2) is 0 Å². The highest BCUT2D eigenvalue weighted by Crippen LogP contribution is 2.30. The molecule has 0 atom stereocenters. The third-order valence-corrected chi connectivity index (χ3v) is 2.20. The molecule has 0 aliphatic carbocycles. The Balaban J connectivity index is 2.94. The molecule has 0 aliphatic heterocycles. The van der Waals surface area contributed by atoms with Crippen LogP contribution >= 0.6 is 11.7 Å². The molecule has 2 aromatic rings. The SMILES string of the molecule is Nc1cc2nsnc2c(N)c1N. The van der Waals surface area contributed by atoms with Crippen LogP contribution in [0, 0.1) is 0 Å². The number of nitrogens with zero attached hydrogens (tertiary/aromatic N) is 2. The number of nitrogens with two attached hydrogens (primary N) is 3. The molecule has 0 saturated carbocycles. The molecule has 0 unspecified atom stereocenters.